The lowest BCUT2D eigenvalue weighted by atomic mass is 10.1. The minimum Gasteiger partial charge on any atom is -0.497 e. The maximum Gasteiger partial charge on any atom is 0.406 e. The van der Waals surface area contributed by atoms with Gasteiger partial charge in [0.2, 0.25) is 0 Å². The first-order valence-corrected chi connectivity index (χ1v) is 5.59. The molecule has 0 bridgehead atoms. The van der Waals surface area contributed by atoms with E-state index in [-0.39, 0.29) is 5.75 Å². The number of halogens is 4. The number of amides is 1. The van der Waals surface area contributed by atoms with Crippen molar-refractivity contribution < 1.29 is 32.2 Å². The Hall–Kier alpha value is -1.83. The van der Waals surface area contributed by atoms with E-state index in [1.807, 2.05) is 0 Å². The molecule has 0 fully saturated rings. The normalized spacial score (nSPS) is 11.3. The molecule has 1 aromatic carbocycles. The fourth-order valence-electron chi connectivity index (χ4n) is 1.56. The molecule has 112 valence electrons. The van der Waals surface area contributed by atoms with Gasteiger partial charge in [0.1, 0.15) is 18.1 Å². The Bertz CT molecular complexity index is 476. The summed E-state index contributed by atoms with van der Waals surface area (Å²) < 4.78 is 55.4. The molecule has 8 heteroatoms. The molecule has 1 amide bonds. The third-order valence-corrected chi connectivity index (χ3v) is 2.43. The number of aliphatic hydroxyl groups excluding tert-OH is 1. The van der Waals surface area contributed by atoms with Crippen molar-refractivity contribution >= 4 is 5.91 Å². The summed E-state index contributed by atoms with van der Waals surface area (Å²) in [7, 11) is 1.29. The number of carbonyl (C=O) groups excluding carboxylic acids is 1. The van der Waals surface area contributed by atoms with Crippen molar-refractivity contribution in [3.05, 3.63) is 29.6 Å². The molecule has 0 heterocycles. The molecule has 0 spiro atoms. The average molecular weight is 295 g/mol. The van der Waals surface area contributed by atoms with Crippen LogP contribution in [0.3, 0.4) is 0 Å². The number of benzene rings is 1. The van der Waals surface area contributed by atoms with E-state index in [1.165, 1.54) is 13.2 Å². The summed E-state index contributed by atoms with van der Waals surface area (Å²) in [6.07, 6.45) is -4.63. The maximum atomic E-state index is 13.6. The summed E-state index contributed by atoms with van der Waals surface area (Å²) in [6, 6.07) is 3.20. The standard InChI is InChI=1S/C12H13F4NO3/c1-20-8-2-3-9(10(13)6-8)11(19)17(4-5-18)7-12(14,15)16/h2-3,6,18H,4-5,7H2,1H3. The van der Waals surface area contributed by atoms with Crippen molar-refractivity contribution in [1.82, 2.24) is 4.90 Å². The molecule has 0 unspecified atom stereocenters. The van der Waals surface area contributed by atoms with Gasteiger partial charge >= 0.3 is 6.18 Å². The van der Waals surface area contributed by atoms with Gasteiger partial charge in [0, 0.05) is 12.6 Å². The summed E-state index contributed by atoms with van der Waals surface area (Å²) >= 11 is 0. The first kappa shape index (κ1) is 16.2. The van der Waals surface area contributed by atoms with Gasteiger partial charge in [-0.05, 0) is 12.1 Å². The summed E-state index contributed by atoms with van der Waals surface area (Å²) in [5, 5.41) is 8.71. The molecular formula is C12H13F4NO3. The average Bonchev–Trinajstić information content (AvgIpc) is 2.35. The monoisotopic (exact) mass is 295 g/mol. The number of methoxy groups -OCH3 is 1. The largest absolute Gasteiger partial charge is 0.497 e. The van der Waals surface area contributed by atoms with Crippen LogP contribution in [-0.4, -0.2) is 48.9 Å². The Balaban J connectivity index is 3.00. The van der Waals surface area contributed by atoms with Gasteiger partial charge in [0.15, 0.2) is 0 Å². The molecule has 0 saturated carbocycles. The lowest BCUT2D eigenvalue weighted by Gasteiger charge is -2.23. The van der Waals surface area contributed by atoms with Gasteiger partial charge in [-0.15, -0.1) is 0 Å². The fraction of sp³-hybridized carbons (Fsp3) is 0.417. The van der Waals surface area contributed by atoms with Gasteiger partial charge in [-0.3, -0.25) is 4.79 Å². The number of hydrogen-bond donors (Lipinski definition) is 1. The highest BCUT2D eigenvalue weighted by atomic mass is 19.4. The molecule has 20 heavy (non-hydrogen) atoms. The van der Waals surface area contributed by atoms with Crippen molar-refractivity contribution in [3.63, 3.8) is 0 Å². The Kier molecular flexibility index (Phi) is 5.32. The van der Waals surface area contributed by atoms with Crippen LogP contribution < -0.4 is 4.74 Å². The second-order valence-corrected chi connectivity index (χ2v) is 3.91. The van der Waals surface area contributed by atoms with Crippen LogP contribution in [-0.2, 0) is 0 Å². The summed E-state index contributed by atoms with van der Waals surface area (Å²) in [6.45, 7) is -2.75. The number of hydrogen-bond acceptors (Lipinski definition) is 3. The third-order valence-electron chi connectivity index (χ3n) is 2.43. The molecule has 0 aromatic heterocycles. The van der Waals surface area contributed by atoms with Gasteiger partial charge in [-0.1, -0.05) is 0 Å². The van der Waals surface area contributed by atoms with Crippen molar-refractivity contribution in [2.75, 3.05) is 26.8 Å². The summed E-state index contributed by atoms with van der Waals surface area (Å²) in [4.78, 5) is 12.2. The quantitative estimate of drug-likeness (QED) is 0.843. The highest BCUT2D eigenvalue weighted by molar-refractivity contribution is 5.94. The minimum absolute atomic E-state index is 0.142. The Morgan fingerprint density at radius 1 is 1.40 bits per heavy atom. The molecule has 0 aliphatic heterocycles. The Morgan fingerprint density at radius 2 is 2.05 bits per heavy atom. The minimum atomic E-state index is -4.63. The highest BCUT2D eigenvalue weighted by Gasteiger charge is 2.33. The molecule has 4 nitrogen and oxygen atoms in total. The van der Waals surface area contributed by atoms with Crippen LogP contribution in [0.15, 0.2) is 18.2 Å². The van der Waals surface area contributed by atoms with E-state index in [1.54, 1.807) is 0 Å². The second kappa shape index (κ2) is 6.56. The van der Waals surface area contributed by atoms with Crippen molar-refractivity contribution in [2.45, 2.75) is 6.18 Å². The fourth-order valence-corrected chi connectivity index (χ4v) is 1.56. The number of rotatable bonds is 5. The number of alkyl halides is 3. The van der Waals surface area contributed by atoms with Crippen molar-refractivity contribution in [2.24, 2.45) is 0 Å². The lowest BCUT2D eigenvalue weighted by molar-refractivity contribution is -0.141. The van der Waals surface area contributed by atoms with Gasteiger partial charge < -0.3 is 14.7 Å². The maximum absolute atomic E-state index is 13.6. The zero-order valence-corrected chi connectivity index (χ0v) is 10.6. The number of carbonyl (C=O) groups is 1. The number of aliphatic hydroxyl groups is 1. The first-order chi connectivity index (χ1) is 9.28. The van der Waals surface area contributed by atoms with E-state index in [0.29, 0.717) is 4.90 Å². The number of nitrogens with zero attached hydrogens (tertiary/aromatic N) is 1. The third kappa shape index (κ3) is 4.37. The van der Waals surface area contributed by atoms with Gasteiger partial charge in [-0.2, -0.15) is 13.2 Å². The summed E-state index contributed by atoms with van der Waals surface area (Å²) in [5.41, 5.74) is -0.511. The zero-order valence-electron chi connectivity index (χ0n) is 10.6. The second-order valence-electron chi connectivity index (χ2n) is 3.91. The Morgan fingerprint density at radius 3 is 2.50 bits per heavy atom. The molecule has 0 atom stereocenters. The molecule has 1 N–H and O–H groups in total. The van der Waals surface area contributed by atoms with Crippen LogP contribution in [0.1, 0.15) is 10.4 Å². The van der Waals surface area contributed by atoms with E-state index in [2.05, 4.69) is 0 Å². The molecular weight excluding hydrogens is 282 g/mol. The van der Waals surface area contributed by atoms with Crippen molar-refractivity contribution in [3.8, 4) is 5.75 Å². The van der Waals surface area contributed by atoms with E-state index in [0.717, 1.165) is 12.1 Å². The smallest absolute Gasteiger partial charge is 0.406 e. The highest BCUT2D eigenvalue weighted by Crippen LogP contribution is 2.21. The first-order valence-electron chi connectivity index (χ1n) is 5.59. The zero-order chi connectivity index (χ0) is 15.3. The molecule has 0 aliphatic carbocycles. The molecule has 0 radical (unpaired) electrons. The summed E-state index contributed by atoms with van der Waals surface area (Å²) in [5.74, 6) is -1.99. The molecule has 1 aromatic rings. The van der Waals surface area contributed by atoms with Gasteiger partial charge in [0.05, 0.1) is 19.3 Å². The van der Waals surface area contributed by atoms with Crippen LogP contribution in [0.4, 0.5) is 17.6 Å². The number of ether oxygens (including phenoxy) is 1. The predicted molar refractivity (Wildman–Crippen MR) is 62.0 cm³/mol. The van der Waals surface area contributed by atoms with Crippen LogP contribution in [0, 0.1) is 5.82 Å². The molecule has 1 rings (SSSR count). The molecule has 0 saturated heterocycles. The lowest BCUT2D eigenvalue weighted by Crippen LogP contribution is -2.41. The van der Waals surface area contributed by atoms with Crippen LogP contribution >= 0.6 is 0 Å². The topological polar surface area (TPSA) is 49.8 Å². The molecule has 0 aliphatic rings. The van der Waals surface area contributed by atoms with Crippen LogP contribution in [0.2, 0.25) is 0 Å². The SMILES string of the molecule is COc1ccc(C(=O)N(CCO)CC(F)(F)F)c(F)c1. The van der Waals surface area contributed by atoms with E-state index >= 15 is 0 Å². The van der Waals surface area contributed by atoms with E-state index in [4.69, 9.17) is 9.84 Å². The van der Waals surface area contributed by atoms with Crippen LogP contribution in [0.25, 0.3) is 0 Å². The van der Waals surface area contributed by atoms with Gasteiger partial charge in [-0.25, -0.2) is 4.39 Å². The van der Waals surface area contributed by atoms with Gasteiger partial charge in [0.25, 0.3) is 5.91 Å². The predicted octanol–water partition coefficient (Wildman–Crippen LogP) is 1.83. The van der Waals surface area contributed by atoms with E-state index in [9.17, 15) is 22.4 Å². The van der Waals surface area contributed by atoms with Crippen LogP contribution in [0.5, 0.6) is 5.75 Å². The van der Waals surface area contributed by atoms with Crippen molar-refractivity contribution in [1.29, 1.82) is 0 Å². The Labute approximate surface area is 112 Å². The van der Waals surface area contributed by atoms with E-state index < -0.39 is 43.2 Å².